The topological polar surface area (TPSA) is 76.1 Å². The van der Waals surface area contributed by atoms with Gasteiger partial charge in [-0.15, -0.1) is 0 Å². The largest absolute Gasteiger partial charge is 0.497 e. The summed E-state index contributed by atoms with van der Waals surface area (Å²) in [4.78, 5) is 20.9. The second kappa shape index (κ2) is 8.99. The van der Waals surface area contributed by atoms with Gasteiger partial charge < -0.3 is 15.4 Å². The number of amides is 1. The van der Waals surface area contributed by atoms with E-state index >= 15 is 0 Å². The summed E-state index contributed by atoms with van der Waals surface area (Å²) in [5.74, 6) is 1.20. The molecule has 0 saturated heterocycles. The van der Waals surface area contributed by atoms with Crippen molar-refractivity contribution >= 4 is 17.4 Å². The molecule has 0 atom stereocenters. The maximum Gasteiger partial charge on any atom is 0.275 e. The van der Waals surface area contributed by atoms with Crippen LogP contribution in [0.3, 0.4) is 0 Å². The summed E-state index contributed by atoms with van der Waals surface area (Å²) >= 11 is 0. The molecule has 1 amide bonds. The molecule has 0 spiro atoms. The first-order chi connectivity index (χ1) is 13.5. The number of hydrogen-bond acceptors (Lipinski definition) is 5. The number of benzene rings is 2. The van der Waals surface area contributed by atoms with E-state index in [9.17, 15) is 4.79 Å². The van der Waals surface area contributed by atoms with Crippen LogP contribution in [-0.2, 0) is 6.42 Å². The fourth-order valence-electron chi connectivity index (χ4n) is 2.76. The summed E-state index contributed by atoms with van der Waals surface area (Å²) < 4.78 is 5.23. The average molecular weight is 376 g/mol. The van der Waals surface area contributed by atoms with Crippen LogP contribution in [0.1, 0.15) is 27.2 Å². The highest BCUT2D eigenvalue weighted by molar-refractivity contribution is 6.03. The number of nitrogens with zero attached hydrogens (tertiary/aromatic N) is 2. The Morgan fingerprint density at radius 1 is 1.07 bits per heavy atom. The van der Waals surface area contributed by atoms with Crippen molar-refractivity contribution in [1.82, 2.24) is 9.97 Å². The van der Waals surface area contributed by atoms with Crippen LogP contribution in [0.15, 0.2) is 54.9 Å². The Morgan fingerprint density at radius 2 is 1.93 bits per heavy atom. The van der Waals surface area contributed by atoms with Crippen molar-refractivity contribution in [2.45, 2.75) is 20.3 Å². The third-order valence-corrected chi connectivity index (χ3v) is 4.38. The van der Waals surface area contributed by atoms with Crippen molar-refractivity contribution in [2.24, 2.45) is 0 Å². The van der Waals surface area contributed by atoms with Crippen molar-refractivity contribution in [3.8, 4) is 5.75 Å². The zero-order valence-corrected chi connectivity index (χ0v) is 16.3. The first-order valence-electron chi connectivity index (χ1n) is 9.12. The molecule has 0 aliphatic heterocycles. The SMILES string of the molecule is COc1cccc(CCNc2cnc(C(=O)Nc3cc(C)ccc3C)cn2)c1. The van der Waals surface area contributed by atoms with Crippen molar-refractivity contribution < 1.29 is 9.53 Å². The molecule has 2 aromatic carbocycles. The van der Waals surface area contributed by atoms with Gasteiger partial charge in [-0.2, -0.15) is 0 Å². The van der Waals surface area contributed by atoms with Gasteiger partial charge in [0.05, 0.1) is 19.5 Å². The lowest BCUT2D eigenvalue weighted by molar-refractivity contribution is 0.102. The number of anilines is 2. The molecule has 0 unspecified atom stereocenters. The molecule has 0 saturated carbocycles. The molecule has 0 fully saturated rings. The van der Waals surface area contributed by atoms with E-state index in [2.05, 4.69) is 26.7 Å². The number of nitrogens with one attached hydrogen (secondary N) is 2. The lowest BCUT2D eigenvalue weighted by atomic mass is 10.1. The van der Waals surface area contributed by atoms with Crippen LogP contribution >= 0.6 is 0 Å². The fraction of sp³-hybridized carbons (Fsp3) is 0.227. The number of carbonyl (C=O) groups excluding carboxylic acids is 1. The highest BCUT2D eigenvalue weighted by atomic mass is 16.5. The van der Waals surface area contributed by atoms with Crippen LogP contribution in [0, 0.1) is 13.8 Å². The van der Waals surface area contributed by atoms with Crippen molar-refractivity contribution in [1.29, 1.82) is 0 Å². The van der Waals surface area contributed by atoms with Gasteiger partial charge in [0.1, 0.15) is 17.3 Å². The molecular weight excluding hydrogens is 352 g/mol. The predicted octanol–water partition coefficient (Wildman–Crippen LogP) is 4.01. The molecule has 28 heavy (non-hydrogen) atoms. The number of aryl methyl sites for hydroxylation is 2. The molecule has 1 heterocycles. The molecule has 1 aromatic heterocycles. The van der Waals surface area contributed by atoms with E-state index in [1.807, 2.05) is 50.2 Å². The van der Waals surface area contributed by atoms with Crippen molar-refractivity contribution in [2.75, 3.05) is 24.3 Å². The van der Waals surface area contributed by atoms with Gasteiger partial charge in [-0.25, -0.2) is 9.97 Å². The summed E-state index contributed by atoms with van der Waals surface area (Å²) in [6.07, 6.45) is 3.88. The third kappa shape index (κ3) is 5.07. The predicted molar refractivity (Wildman–Crippen MR) is 111 cm³/mol. The number of methoxy groups -OCH3 is 1. The molecule has 3 rings (SSSR count). The van der Waals surface area contributed by atoms with Crippen LogP contribution in [-0.4, -0.2) is 29.5 Å². The van der Waals surface area contributed by atoms with Crippen LogP contribution in [0.25, 0.3) is 0 Å². The number of hydrogen-bond donors (Lipinski definition) is 2. The summed E-state index contributed by atoms with van der Waals surface area (Å²) in [6, 6.07) is 13.9. The Kier molecular flexibility index (Phi) is 6.22. The summed E-state index contributed by atoms with van der Waals surface area (Å²) in [5, 5.41) is 6.11. The molecule has 0 aliphatic rings. The molecule has 0 radical (unpaired) electrons. The highest BCUT2D eigenvalue weighted by Crippen LogP contribution is 2.17. The zero-order valence-electron chi connectivity index (χ0n) is 16.3. The van der Waals surface area contributed by atoms with E-state index in [0.29, 0.717) is 12.4 Å². The van der Waals surface area contributed by atoms with Gasteiger partial charge >= 0.3 is 0 Å². The van der Waals surface area contributed by atoms with Crippen LogP contribution in [0.4, 0.5) is 11.5 Å². The van der Waals surface area contributed by atoms with E-state index in [4.69, 9.17) is 4.74 Å². The maximum atomic E-state index is 12.4. The first kappa shape index (κ1) is 19.4. The van der Waals surface area contributed by atoms with Gasteiger partial charge in [-0.3, -0.25) is 4.79 Å². The molecule has 0 bridgehead atoms. The minimum atomic E-state index is -0.274. The van der Waals surface area contributed by atoms with E-state index < -0.39 is 0 Å². The quantitative estimate of drug-likeness (QED) is 0.652. The number of ether oxygens (including phenoxy) is 1. The molecular formula is C22H24N4O2. The Labute approximate surface area is 165 Å². The van der Waals surface area contributed by atoms with Gasteiger partial charge in [0.2, 0.25) is 0 Å². The van der Waals surface area contributed by atoms with E-state index in [1.165, 1.54) is 11.8 Å². The summed E-state index contributed by atoms with van der Waals surface area (Å²) in [5.41, 5.74) is 4.32. The van der Waals surface area contributed by atoms with E-state index in [-0.39, 0.29) is 11.6 Å². The normalized spacial score (nSPS) is 10.4. The Bertz CT molecular complexity index is 955. The first-order valence-corrected chi connectivity index (χ1v) is 9.12. The van der Waals surface area contributed by atoms with Gasteiger partial charge in [-0.1, -0.05) is 24.3 Å². The Morgan fingerprint density at radius 3 is 2.68 bits per heavy atom. The smallest absolute Gasteiger partial charge is 0.275 e. The maximum absolute atomic E-state index is 12.4. The third-order valence-electron chi connectivity index (χ3n) is 4.38. The average Bonchev–Trinajstić information content (AvgIpc) is 2.71. The monoisotopic (exact) mass is 376 g/mol. The Hall–Kier alpha value is -3.41. The van der Waals surface area contributed by atoms with Crippen molar-refractivity contribution in [3.63, 3.8) is 0 Å². The van der Waals surface area contributed by atoms with Crippen LogP contribution in [0.2, 0.25) is 0 Å². The van der Waals surface area contributed by atoms with E-state index in [0.717, 1.165) is 29.0 Å². The van der Waals surface area contributed by atoms with Crippen molar-refractivity contribution in [3.05, 3.63) is 77.2 Å². The summed E-state index contributed by atoms with van der Waals surface area (Å²) in [6.45, 7) is 4.65. The molecule has 6 heteroatoms. The Balaban J connectivity index is 1.55. The minimum Gasteiger partial charge on any atom is -0.497 e. The van der Waals surface area contributed by atoms with Gasteiger partial charge in [0.15, 0.2) is 0 Å². The van der Waals surface area contributed by atoms with Crippen LogP contribution < -0.4 is 15.4 Å². The summed E-state index contributed by atoms with van der Waals surface area (Å²) in [7, 11) is 1.66. The molecule has 6 nitrogen and oxygen atoms in total. The number of carbonyl (C=O) groups is 1. The van der Waals surface area contributed by atoms with E-state index in [1.54, 1.807) is 13.3 Å². The highest BCUT2D eigenvalue weighted by Gasteiger charge is 2.10. The molecule has 3 aromatic rings. The number of rotatable bonds is 7. The number of aromatic nitrogens is 2. The minimum absolute atomic E-state index is 0.274. The lowest BCUT2D eigenvalue weighted by Gasteiger charge is -2.10. The fourth-order valence-corrected chi connectivity index (χ4v) is 2.76. The second-order valence-corrected chi connectivity index (χ2v) is 6.59. The zero-order chi connectivity index (χ0) is 19.9. The second-order valence-electron chi connectivity index (χ2n) is 6.59. The lowest BCUT2D eigenvalue weighted by Crippen LogP contribution is -2.15. The molecule has 0 aliphatic carbocycles. The van der Waals surface area contributed by atoms with Gasteiger partial charge in [-0.05, 0) is 55.2 Å². The molecule has 144 valence electrons. The van der Waals surface area contributed by atoms with Crippen LogP contribution in [0.5, 0.6) is 5.75 Å². The standard InChI is InChI=1S/C22H24N4O2/c1-15-7-8-16(2)19(11-15)26-22(27)20-13-25-21(14-24-20)23-10-9-17-5-4-6-18(12-17)28-3/h4-8,11-14H,9-10H2,1-3H3,(H,23,25)(H,26,27). The van der Waals surface area contributed by atoms with Gasteiger partial charge in [0.25, 0.3) is 5.91 Å². The molecule has 2 N–H and O–H groups in total. The van der Waals surface area contributed by atoms with Gasteiger partial charge in [0, 0.05) is 12.2 Å².